The van der Waals surface area contributed by atoms with Crippen LogP contribution >= 0.6 is 0 Å². The monoisotopic (exact) mass is 1840 g/mol. The molecular weight excluding hydrogens is 1670 g/mol. The van der Waals surface area contributed by atoms with Gasteiger partial charge in [0, 0.05) is 143 Å². The summed E-state index contributed by atoms with van der Waals surface area (Å²) < 4.78 is 0. The molecule has 7 aromatic heterocycles. The van der Waals surface area contributed by atoms with Crippen molar-refractivity contribution in [2.75, 3.05) is 6.54 Å². The van der Waals surface area contributed by atoms with Crippen LogP contribution in [0, 0.1) is 71.0 Å². The van der Waals surface area contributed by atoms with Crippen molar-refractivity contribution in [3.63, 3.8) is 0 Å². The Morgan fingerprint density at radius 1 is 0.288 bits per heavy atom. The summed E-state index contributed by atoms with van der Waals surface area (Å²) in [6.45, 7) is 78.3. The Bertz CT molecular complexity index is 3520. The van der Waals surface area contributed by atoms with Gasteiger partial charge in [0.25, 0.3) is 22.2 Å². The van der Waals surface area contributed by atoms with Crippen LogP contribution in [0.2, 0.25) is 0 Å². The summed E-state index contributed by atoms with van der Waals surface area (Å²) in [7, 11) is 0. The minimum Gasteiger partial charge on any atom is -0.329 e. The third-order valence-corrected chi connectivity index (χ3v) is 7.97. The number of pyridine rings is 1. The van der Waals surface area contributed by atoms with Crippen LogP contribution in [0.1, 0.15) is 275 Å². The molecule has 0 bridgehead atoms. The van der Waals surface area contributed by atoms with E-state index in [1.54, 1.807) is 91.6 Å². The zero-order chi connectivity index (χ0) is 104. The van der Waals surface area contributed by atoms with Gasteiger partial charge in [-0.05, 0) is 126 Å². The van der Waals surface area contributed by atoms with Gasteiger partial charge in [0.15, 0.2) is 23.1 Å². The highest BCUT2D eigenvalue weighted by atomic mass is 16.2. The van der Waals surface area contributed by atoms with Gasteiger partial charge in [0.1, 0.15) is 6.54 Å². The summed E-state index contributed by atoms with van der Waals surface area (Å²) in [5, 5.41) is 5.67. The normalized spacial score (nSPS) is 11.2. The summed E-state index contributed by atoms with van der Waals surface area (Å²) in [4.78, 5) is 169. The Balaban J connectivity index is -0.000000114. The first kappa shape index (κ1) is 145. The van der Waals surface area contributed by atoms with Crippen LogP contribution in [-0.2, 0) is 24.0 Å². The Kier molecular flexibility index (Phi) is 126. The fourth-order valence-corrected chi connectivity index (χ4v) is 4.34. The van der Waals surface area contributed by atoms with Crippen molar-refractivity contribution in [2.24, 2.45) is 91.0 Å². The number of carbonyl (C=O) groups excluding carboxylic acids is 5. The highest BCUT2D eigenvalue weighted by Gasteiger charge is 1.97. The Morgan fingerprint density at radius 3 is 0.833 bits per heavy atom. The lowest BCUT2D eigenvalue weighted by Crippen LogP contribution is -2.05. The van der Waals surface area contributed by atoms with E-state index in [4.69, 9.17) is 0 Å². The van der Waals surface area contributed by atoms with Crippen molar-refractivity contribution < 1.29 is 24.0 Å². The van der Waals surface area contributed by atoms with Crippen molar-refractivity contribution in [1.82, 2.24) is 65.0 Å². The molecule has 4 aliphatic heterocycles. The number of Topliss-reactive ketones (excluding diaryl/α,β-unsaturated/α-hetero) is 1. The van der Waals surface area contributed by atoms with Crippen LogP contribution in [-0.4, -0.2) is 125 Å². The zero-order valence-electron chi connectivity index (χ0n) is 87.3. The first-order valence-corrected chi connectivity index (χ1v) is 44.8. The smallest absolute Gasteiger partial charge is 0.329 e. The molecule has 7 N–H and O–H groups in total. The third kappa shape index (κ3) is 229. The number of carbonyl (C=O) groups is 5. The summed E-state index contributed by atoms with van der Waals surface area (Å²) in [5.41, 5.74) is -1.22. The van der Waals surface area contributed by atoms with Gasteiger partial charge in [0.2, 0.25) is 11.5 Å². The molecule has 0 saturated heterocycles. The Morgan fingerprint density at radius 2 is 0.682 bits per heavy atom. The van der Waals surface area contributed by atoms with E-state index in [1.165, 1.54) is 130 Å². The maximum absolute atomic E-state index is 10.3. The van der Waals surface area contributed by atoms with Crippen molar-refractivity contribution in [1.29, 1.82) is 0 Å². The summed E-state index contributed by atoms with van der Waals surface area (Å²) >= 11 is 0. The first-order valence-electron chi connectivity index (χ1n) is 44.8. The van der Waals surface area contributed by atoms with Crippen molar-refractivity contribution in [3.05, 3.63) is 281 Å². The van der Waals surface area contributed by atoms with Gasteiger partial charge in [-0.2, -0.15) is 5.10 Å². The van der Waals surface area contributed by atoms with E-state index in [-0.39, 0.29) is 68.2 Å². The van der Waals surface area contributed by atoms with E-state index in [2.05, 4.69) is 334 Å². The molecular formula is C103H175N17O12. The summed E-state index contributed by atoms with van der Waals surface area (Å²) in [6, 6.07) is 14.0. The van der Waals surface area contributed by atoms with E-state index >= 15 is 0 Å². The van der Waals surface area contributed by atoms with Crippen LogP contribution in [0.15, 0.2) is 262 Å². The summed E-state index contributed by atoms with van der Waals surface area (Å²) in [6.07, 6.45) is 47.1. The number of amides is 1. The molecule has 0 unspecified atom stereocenters. The van der Waals surface area contributed by atoms with Gasteiger partial charge >= 0.3 is 11.4 Å². The number of ketones is 4. The van der Waals surface area contributed by atoms with Crippen molar-refractivity contribution in [3.8, 4) is 0 Å². The molecule has 11 heterocycles. The van der Waals surface area contributed by atoms with Crippen molar-refractivity contribution in [2.45, 2.75) is 275 Å². The molecule has 0 saturated carbocycles. The molecule has 7 aromatic rings. The molecule has 12 rings (SSSR count). The van der Waals surface area contributed by atoms with E-state index < -0.39 is 0 Å². The van der Waals surface area contributed by atoms with Gasteiger partial charge in [-0.3, -0.25) is 67.9 Å². The Labute approximate surface area is 792 Å². The minimum atomic E-state index is -0.303. The average molecular weight is 1840 g/mol. The minimum absolute atomic E-state index is 0.0532. The maximum Gasteiger partial charge on any atom is 0.344 e. The number of aromatic nitrogens is 13. The van der Waals surface area contributed by atoms with Gasteiger partial charge in [-0.1, -0.05) is 286 Å². The number of aliphatic imine (C=N–C) groups is 4. The fraction of sp³-hybridized carbons (Fsp3) is 0.515. The molecule has 744 valence electrons. The van der Waals surface area contributed by atoms with E-state index in [0.717, 1.165) is 71.0 Å². The fourth-order valence-electron chi connectivity index (χ4n) is 4.34. The third-order valence-electron chi connectivity index (χ3n) is 7.97. The number of allylic oxidation sites excluding steroid dienone is 8. The van der Waals surface area contributed by atoms with Gasteiger partial charge < -0.3 is 29.9 Å². The second-order valence-corrected chi connectivity index (χ2v) is 35.3. The molecule has 1 amide bonds. The SMILES string of the molecule is CC(C)C.CC(C)C.CC(C)C.CC(C)C.CC(C)C.CC(C)C.CC(C)C.CC(C)C.CC(C)C.CC(C)C.CC(C)C.CC(C)C.O=C1C=CC=CC1.O=C1C=CC=NC1.O=C1C=CN=CC1.O=C1C=NC=CC1.O=C1CC=CC=N1.O=c1cccc[nH]1.O=c1cccn[nH]1.O=c1ccnc[nH]1.O=c1ccnc[nH]1.O=c1cncc[nH]1.O=c1nccc[nH]1.O=c1nccc[nH]1. The number of aromatic amines is 7. The van der Waals surface area contributed by atoms with Gasteiger partial charge in [-0.25, -0.2) is 39.6 Å². The number of hydrogen-bond donors (Lipinski definition) is 7. The number of rotatable bonds is 0. The van der Waals surface area contributed by atoms with Crippen molar-refractivity contribution >= 4 is 53.9 Å². The topological polar surface area (TPSA) is 442 Å². The lowest BCUT2D eigenvalue weighted by atomic mass is 10.2. The standard InChI is InChI=1S/C6H6O.5C5H5NO.6C4H4N2O.12C4H10/c7-6-4-2-1-3-5-6;7-5-1-3-6-4-2-5;2*7-5-2-1-3-6-4-5;2*7-5-3-1-2-4-6-5;7-4-3-5-1-2-6-4;2*7-4-1-2-5-3-6-4;2*7-4-5-2-1-3-6-4;7-4-2-1-3-5-6-4;12*1-4(2)3/h1-4H,5H2;2*1,3-4H,2H2;1-3H,4H2;1-2,4H,3H2;1-4H,(H,6,7);1-3H,(H,6,7);4*1-3H,(H,5,6,7);1-3H,(H,6,7);12*4H,1-3H3. The second-order valence-electron chi connectivity index (χ2n) is 35.3. The number of nitrogens with zero attached hydrogens (tertiary/aromatic N) is 10. The second kappa shape index (κ2) is 115. The average Bonchev–Trinajstić information content (AvgIpc) is 1.10. The number of H-pyrrole nitrogens is 7. The molecule has 0 aromatic carbocycles. The molecule has 29 heteroatoms. The van der Waals surface area contributed by atoms with E-state index in [1.807, 2.05) is 12.2 Å². The molecule has 1 aliphatic carbocycles. The van der Waals surface area contributed by atoms with Gasteiger partial charge in [0.05, 0.1) is 25.1 Å². The molecule has 0 radical (unpaired) electrons. The summed E-state index contributed by atoms with van der Waals surface area (Å²) in [5.74, 6) is 10.4. The predicted molar refractivity (Wildman–Crippen MR) is 560 cm³/mol. The quantitative estimate of drug-likeness (QED) is 0.0741. The molecule has 132 heavy (non-hydrogen) atoms. The molecule has 29 nitrogen and oxygen atoms in total. The van der Waals surface area contributed by atoms with Crippen LogP contribution in [0.25, 0.3) is 0 Å². The van der Waals surface area contributed by atoms with Gasteiger partial charge in [-0.15, -0.1) is 0 Å². The Hall–Kier alpha value is -12.3. The molecule has 0 spiro atoms. The predicted octanol–water partition coefficient (Wildman–Crippen LogP) is 21.8. The van der Waals surface area contributed by atoms with Crippen LogP contribution in [0.5, 0.6) is 0 Å². The van der Waals surface area contributed by atoms with Crippen LogP contribution < -0.4 is 39.2 Å². The number of dihydropyridines is 2. The highest BCUT2D eigenvalue weighted by molar-refractivity contribution is 6.28. The maximum atomic E-state index is 10.3. The first-order chi connectivity index (χ1) is 61.5. The lowest BCUT2D eigenvalue weighted by molar-refractivity contribution is -0.117. The van der Waals surface area contributed by atoms with E-state index in [0.29, 0.717) is 32.2 Å². The number of nitrogens with one attached hydrogen (secondary N) is 7. The molecule has 0 fully saturated rings. The van der Waals surface area contributed by atoms with E-state index in [9.17, 15) is 57.5 Å². The highest BCUT2D eigenvalue weighted by Crippen LogP contribution is 1.96. The molecule has 5 aliphatic rings. The van der Waals surface area contributed by atoms with Crippen LogP contribution in [0.3, 0.4) is 0 Å². The largest absolute Gasteiger partial charge is 0.344 e. The lowest BCUT2D eigenvalue weighted by Gasteiger charge is -1.88. The number of hydrogen-bond acceptors (Lipinski definition) is 21. The van der Waals surface area contributed by atoms with Crippen LogP contribution in [0.4, 0.5) is 0 Å². The zero-order valence-corrected chi connectivity index (χ0v) is 87.3. The molecule has 0 atom stereocenters.